The summed E-state index contributed by atoms with van der Waals surface area (Å²) in [5.41, 5.74) is 2.46. The predicted octanol–water partition coefficient (Wildman–Crippen LogP) is 2.59. The number of benzene rings is 2. The number of carbonyl (C=O) groups is 1. The molecule has 4 rings (SSSR count). The number of ether oxygens (including phenoxy) is 2. The van der Waals surface area contributed by atoms with Gasteiger partial charge >= 0.3 is 0 Å². The molecule has 8 nitrogen and oxygen atoms in total. The van der Waals surface area contributed by atoms with Crippen molar-refractivity contribution < 1.29 is 22.7 Å². The molecule has 33 heavy (non-hydrogen) atoms. The number of anilines is 1. The lowest BCUT2D eigenvalue weighted by Gasteiger charge is -2.29. The van der Waals surface area contributed by atoms with Crippen LogP contribution in [0.2, 0.25) is 0 Å². The van der Waals surface area contributed by atoms with E-state index >= 15 is 0 Å². The topological polar surface area (TPSA) is 79.4 Å². The Morgan fingerprint density at radius 2 is 1.70 bits per heavy atom. The molecule has 0 atom stereocenters. The number of hydrogen-bond acceptors (Lipinski definition) is 6. The highest BCUT2D eigenvalue weighted by Crippen LogP contribution is 2.30. The van der Waals surface area contributed by atoms with Crippen LogP contribution < -0.4 is 9.64 Å². The Labute approximate surface area is 195 Å². The van der Waals surface area contributed by atoms with Gasteiger partial charge in [0.2, 0.25) is 10.0 Å². The molecule has 9 heteroatoms. The molecule has 178 valence electrons. The minimum absolute atomic E-state index is 0.0426. The van der Waals surface area contributed by atoms with E-state index in [-0.39, 0.29) is 16.6 Å². The van der Waals surface area contributed by atoms with E-state index in [2.05, 4.69) is 17.0 Å². The molecule has 1 amide bonds. The van der Waals surface area contributed by atoms with Gasteiger partial charge < -0.3 is 19.3 Å². The summed E-state index contributed by atoms with van der Waals surface area (Å²) in [5, 5.41) is 0. The van der Waals surface area contributed by atoms with Crippen molar-refractivity contribution in [3.05, 3.63) is 53.6 Å². The average Bonchev–Trinajstić information content (AvgIpc) is 3.40. The Bertz CT molecular complexity index is 1080. The molecule has 0 spiro atoms. The lowest BCUT2D eigenvalue weighted by Crippen LogP contribution is -2.36. The van der Waals surface area contributed by atoms with Crippen LogP contribution in [-0.2, 0) is 21.3 Å². The van der Waals surface area contributed by atoms with E-state index < -0.39 is 10.0 Å². The van der Waals surface area contributed by atoms with Gasteiger partial charge in [-0.1, -0.05) is 12.1 Å². The zero-order valence-corrected chi connectivity index (χ0v) is 20.0. The van der Waals surface area contributed by atoms with E-state index in [1.165, 1.54) is 17.5 Å². The van der Waals surface area contributed by atoms with Crippen molar-refractivity contribution in [1.29, 1.82) is 0 Å². The van der Waals surface area contributed by atoms with Gasteiger partial charge in [-0.3, -0.25) is 4.79 Å². The number of methoxy groups -OCH3 is 1. The number of amides is 1. The molecule has 2 aromatic carbocycles. The molecular formula is C24H31N3O5S. The van der Waals surface area contributed by atoms with Gasteiger partial charge in [-0.2, -0.15) is 4.31 Å². The maximum Gasteiger partial charge on any atom is 0.253 e. The molecule has 2 aliphatic rings. The first-order chi connectivity index (χ1) is 15.9. The van der Waals surface area contributed by atoms with Crippen molar-refractivity contribution >= 4 is 21.6 Å². The Morgan fingerprint density at radius 3 is 2.33 bits per heavy atom. The van der Waals surface area contributed by atoms with Crippen LogP contribution in [0.5, 0.6) is 5.75 Å². The van der Waals surface area contributed by atoms with Gasteiger partial charge in [0.15, 0.2) is 0 Å². The zero-order chi connectivity index (χ0) is 23.4. The molecular weight excluding hydrogens is 442 g/mol. The van der Waals surface area contributed by atoms with Crippen molar-refractivity contribution in [2.45, 2.75) is 24.3 Å². The van der Waals surface area contributed by atoms with Crippen LogP contribution >= 0.6 is 0 Å². The van der Waals surface area contributed by atoms with E-state index in [1.807, 2.05) is 12.1 Å². The Morgan fingerprint density at radius 1 is 1.03 bits per heavy atom. The normalized spacial score (nSPS) is 17.2. The first-order valence-electron chi connectivity index (χ1n) is 11.3. The molecule has 0 aliphatic carbocycles. The SMILES string of the molecule is COc1ccc(C(=O)N(C)Cc2ccc(N3CCOCC3)cc2)cc1S(=O)(=O)N1CCCC1. The van der Waals surface area contributed by atoms with E-state index in [0.29, 0.717) is 25.2 Å². The van der Waals surface area contributed by atoms with Gasteiger partial charge in [0, 0.05) is 51.0 Å². The van der Waals surface area contributed by atoms with E-state index in [0.717, 1.165) is 50.4 Å². The average molecular weight is 474 g/mol. The van der Waals surface area contributed by atoms with Gasteiger partial charge in [0.05, 0.1) is 20.3 Å². The van der Waals surface area contributed by atoms with Gasteiger partial charge in [-0.25, -0.2) is 8.42 Å². The molecule has 2 saturated heterocycles. The highest BCUT2D eigenvalue weighted by atomic mass is 32.2. The third-order valence-corrected chi connectivity index (χ3v) is 8.09. The monoisotopic (exact) mass is 473 g/mol. The molecule has 0 N–H and O–H groups in total. The highest BCUT2D eigenvalue weighted by Gasteiger charge is 2.31. The summed E-state index contributed by atoms with van der Waals surface area (Å²) in [6, 6.07) is 12.8. The first-order valence-corrected chi connectivity index (χ1v) is 12.7. The van der Waals surface area contributed by atoms with Gasteiger partial charge in [0.1, 0.15) is 10.6 Å². The molecule has 0 aromatic heterocycles. The number of rotatable bonds is 7. The van der Waals surface area contributed by atoms with Crippen molar-refractivity contribution in [3.8, 4) is 5.75 Å². The summed E-state index contributed by atoms with van der Waals surface area (Å²) in [7, 11) is -0.557. The largest absolute Gasteiger partial charge is 0.495 e. The lowest BCUT2D eigenvalue weighted by atomic mass is 10.1. The maximum atomic E-state index is 13.1. The maximum absolute atomic E-state index is 13.1. The van der Waals surface area contributed by atoms with Crippen LogP contribution in [0.1, 0.15) is 28.8 Å². The summed E-state index contributed by atoms with van der Waals surface area (Å²) in [4.78, 5) is 17.0. The predicted molar refractivity (Wildman–Crippen MR) is 126 cm³/mol. The van der Waals surface area contributed by atoms with Crippen LogP contribution in [0.15, 0.2) is 47.4 Å². The van der Waals surface area contributed by atoms with Crippen LogP contribution in [0.3, 0.4) is 0 Å². The molecule has 0 unspecified atom stereocenters. The second kappa shape index (κ2) is 10.1. The fourth-order valence-corrected chi connectivity index (χ4v) is 5.98. The molecule has 2 fully saturated rings. The number of nitrogens with zero attached hydrogens (tertiary/aromatic N) is 3. The third kappa shape index (κ3) is 5.15. The second-order valence-corrected chi connectivity index (χ2v) is 10.3. The number of carbonyl (C=O) groups excluding carboxylic acids is 1. The summed E-state index contributed by atoms with van der Waals surface area (Å²) >= 11 is 0. The van der Waals surface area contributed by atoms with E-state index in [4.69, 9.17) is 9.47 Å². The van der Waals surface area contributed by atoms with E-state index in [1.54, 1.807) is 24.1 Å². The third-order valence-electron chi connectivity index (χ3n) is 6.17. The Hall–Kier alpha value is -2.62. The second-order valence-electron chi connectivity index (χ2n) is 8.40. The van der Waals surface area contributed by atoms with E-state index in [9.17, 15) is 13.2 Å². The van der Waals surface area contributed by atoms with Gasteiger partial charge in [-0.05, 0) is 48.7 Å². The Balaban J connectivity index is 1.49. The first kappa shape index (κ1) is 23.5. The van der Waals surface area contributed by atoms with Gasteiger partial charge in [0.25, 0.3) is 5.91 Å². The van der Waals surface area contributed by atoms with Crippen molar-refractivity contribution in [3.63, 3.8) is 0 Å². The zero-order valence-electron chi connectivity index (χ0n) is 19.2. The molecule has 0 saturated carbocycles. The standard InChI is InChI=1S/C24H31N3O5S/c1-25(18-19-5-8-21(9-6-19)26-13-15-32-16-14-26)24(28)20-7-10-22(31-2)23(17-20)33(29,30)27-11-3-4-12-27/h5-10,17H,3-4,11-16,18H2,1-2H3. The molecule has 0 bridgehead atoms. The van der Waals surface area contributed by atoms with Crippen LogP contribution in [0.4, 0.5) is 5.69 Å². The van der Waals surface area contributed by atoms with Crippen LogP contribution in [0, 0.1) is 0 Å². The van der Waals surface area contributed by atoms with Crippen LogP contribution in [0.25, 0.3) is 0 Å². The summed E-state index contributed by atoms with van der Waals surface area (Å²) in [6.45, 7) is 4.61. The molecule has 2 aliphatic heterocycles. The number of morpholine rings is 1. The fraction of sp³-hybridized carbons (Fsp3) is 0.458. The molecule has 2 aromatic rings. The van der Waals surface area contributed by atoms with Crippen LogP contribution in [-0.4, -0.2) is 77.1 Å². The lowest BCUT2D eigenvalue weighted by molar-refractivity contribution is 0.0784. The molecule has 0 radical (unpaired) electrons. The highest BCUT2D eigenvalue weighted by molar-refractivity contribution is 7.89. The quantitative estimate of drug-likeness (QED) is 0.615. The van der Waals surface area contributed by atoms with Gasteiger partial charge in [-0.15, -0.1) is 0 Å². The van der Waals surface area contributed by atoms with Crippen molar-refractivity contribution in [1.82, 2.24) is 9.21 Å². The molecule has 2 heterocycles. The Kier molecular flexibility index (Phi) is 7.21. The fourth-order valence-electron chi connectivity index (χ4n) is 4.28. The summed E-state index contributed by atoms with van der Waals surface area (Å²) in [6.07, 6.45) is 1.68. The summed E-state index contributed by atoms with van der Waals surface area (Å²) in [5.74, 6) is 0.00702. The smallest absolute Gasteiger partial charge is 0.253 e. The minimum Gasteiger partial charge on any atom is -0.495 e. The van der Waals surface area contributed by atoms with Crippen molar-refractivity contribution in [2.24, 2.45) is 0 Å². The van der Waals surface area contributed by atoms with Crippen molar-refractivity contribution in [2.75, 3.05) is 58.5 Å². The summed E-state index contributed by atoms with van der Waals surface area (Å²) < 4.78 is 38.4. The minimum atomic E-state index is -3.71. The number of hydrogen-bond donors (Lipinski definition) is 0. The number of sulfonamides is 1.